The molecule has 3 heterocycles. The van der Waals surface area contributed by atoms with E-state index in [-0.39, 0.29) is 6.03 Å². The zero-order valence-corrected chi connectivity index (χ0v) is 15.4. The highest BCUT2D eigenvalue weighted by atomic mass is 16.5. The summed E-state index contributed by atoms with van der Waals surface area (Å²) in [6.07, 6.45) is 5.34. The van der Waals surface area contributed by atoms with Gasteiger partial charge in [-0.1, -0.05) is 12.1 Å². The fourth-order valence-electron chi connectivity index (χ4n) is 3.13. The molecule has 0 bridgehead atoms. The van der Waals surface area contributed by atoms with Crippen molar-refractivity contribution < 1.29 is 9.53 Å². The molecule has 8 nitrogen and oxygen atoms in total. The van der Waals surface area contributed by atoms with Crippen molar-refractivity contribution in [1.82, 2.24) is 20.1 Å². The largest absolute Gasteiger partial charge is 0.378 e. The van der Waals surface area contributed by atoms with Gasteiger partial charge >= 0.3 is 6.03 Å². The van der Waals surface area contributed by atoms with Gasteiger partial charge in [0.1, 0.15) is 5.82 Å². The van der Waals surface area contributed by atoms with Crippen molar-refractivity contribution in [1.29, 1.82) is 0 Å². The molecule has 1 fully saturated rings. The topological polar surface area (TPSA) is 84.3 Å². The van der Waals surface area contributed by atoms with E-state index in [9.17, 15) is 4.79 Å². The predicted octanol–water partition coefficient (Wildman–Crippen LogP) is 2.43. The molecule has 2 N–H and O–H groups in total. The summed E-state index contributed by atoms with van der Waals surface area (Å²) in [5.41, 5.74) is 2.56. The van der Waals surface area contributed by atoms with Gasteiger partial charge in [-0.3, -0.25) is 0 Å². The average molecular weight is 378 g/mol. The summed E-state index contributed by atoms with van der Waals surface area (Å²) in [5.74, 6) is 0.895. The molecule has 0 radical (unpaired) electrons. The van der Waals surface area contributed by atoms with Gasteiger partial charge in [-0.2, -0.15) is 5.10 Å². The molecular weight excluding hydrogens is 356 g/mol. The summed E-state index contributed by atoms with van der Waals surface area (Å²) in [4.78, 5) is 19.1. The first kappa shape index (κ1) is 18.0. The molecule has 3 aromatic rings. The van der Waals surface area contributed by atoms with Crippen LogP contribution in [0.3, 0.4) is 0 Å². The van der Waals surface area contributed by atoms with Gasteiger partial charge in [0.05, 0.1) is 18.9 Å². The third-order valence-electron chi connectivity index (χ3n) is 4.49. The molecule has 4 rings (SSSR count). The number of benzene rings is 1. The molecule has 2 aromatic heterocycles. The van der Waals surface area contributed by atoms with Crippen LogP contribution < -0.4 is 15.5 Å². The minimum Gasteiger partial charge on any atom is -0.378 e. The fourth-order valence-corrected chi connectivity index (χ4v) is 3.13. The lowest BCUT2D eigenvalue weighted by Crippen LogP contribution is -2.38. The first-order chi connectivity index (χ1) is 13.8. The minimum atomic E-state index is -0.269. The third-order valence-corrected chi connectivity index (χ3v) is 4.49. The second kappa shape index (κ2) is 8.53. The number of amides is 2. The molecule has 1 aliphatic rings. The highest BCUT2D eigenvalue weighted by Gasteiger charge is 2.16. The Bertz CT molecular complexity index is 922. The van der Waals surface area contributed by atoms with Gasteiger partial charge in [0.25, 0.3) is 0 Å². The molecule has 1 aromatic carbocycles. The molecule has 1 aliphatic heterocycles. The molecule has 28 heavy (non-hydrogen) atoms. The van der Waals surface area contributed by atoms with Crippen LogP contribution >= 0.6 is 0 Å². The molecule has 2 amide bonds. The van der Waals surface area contributed by atoms with Crippen LogP contribution in [0.2, 0.25) is 0 Å². The van der Waals surface area contributed by atoms with E-state index < -0.39 is 0 Å². The summed E-state index contributed by atoms with van der Waals surface area (Å²) in [6, 6.07) is 13.0. The Labute approximate surface area is 163 Å². The van der Waals surface area contributed by atoms with Gasteiger partial charge in [-0.05, 0) is 30.3 Å². The van der Waals surface area contributed by atoms with Gasteiger partial charge in [0, 0.05) is 49.5 Å². The first-order valence-electron chi connectivity index (χ1n) is 9.21. The van der Waals surface area contributed by atoms with Crippen LogP contribution in [-0.4, -0.2) is 47.1 Å². The Morgan fingerprint density at radius 1 is 1.11 bits per heavy atom. The molecule has 0 aliphatic carbocycles. The number of nitrogens with one attached hydrogen (secondary N) is 2. The number of aromatic nitrogens is 3. The average Bonchev–Trinajstić information content (AvgIpc) is 3.28. The lowest BCUT2D eigenvalue weighted by atomic mass is 10.2. The highest BCUT2D eigenvalue weighted by molar-refractivity contribution is 5.89. The Hall–Kier alpha value is -3.39. The zero-order valence-electron chi connectivity index (χ0n) is 15.4. The lowest BCUT2D eigenvalue weighted by Gasteiger charge is -2.29. The van der Waals surface area contributed by atoms with E-state index in [1.165, 1.54) is 0 Å². The van der Waals surface area contributed by atoms with Gasteiger partial charge < -0.3 is 20.3 Å². The molecule has 1 saturated heterocycles. The summed E-state index contributed by atoms with van der Waals surface area (Å²) >= 11 is 0. The van der Waals surface area contributed by atoms with E-state index in [4.69, 9.17) is 4.74 Å². The molecule has 0 unspecified atom stereocenters. The fraction of sp³-hybridized carbons (Fsp3) is 0.250. The van der Waals surface area contributed by atoms with Crippen molar-refractivity contribution in [3.8, 4) is 5.69 Å². The van der Waals surface area contributed by atoms with E-state index in [0.29, 0.717) is 25.4 Å². The van der Waals surface area contributed by atoms with Crippen LogP contribution in [0.4, 0.5) is 16.3 Å². The number of carbonyl (C=O) groups excluding carboxylic acids is 1. The number of nitrogens with zero attached hydrogens (tertiary/aromatic N) is 4. The van der Waals surface area contributed by atoms with E-state index in [1.807, 2.05) is 48.7 Å². The number of urea groups is 1. The molecular formula is C20H22N6O2. The van der Waals surface area contributed by atoms with Crippen molar-refractivity contribution in [2.45, 2.75) is 6.54 Å². The van der Waals surface area contributed by atoms with E-state index in [0.717, 1.165) is 30.2 Å². The monoisotopic (exact) mass is 378 g/mol. The number of hydrogen-bond donors (Lipinski definition) is 2. The molecule has 0 spiro atoms. The number of rotatable bonds is 5. The summed E-state index contributed by atoms with van der Waals surface area (Å²) in [7, 11) is 0. The number of carbonyl (C=O) groups is 1. The second-order valence-corrected chi connectivity index (χ2v) is 6.39. The number of hydrogen-bond acceptors (Lipinski definition) is 5. The maximum atomic E-state index is 12.4. The molecule has 144 valence electrons. The quantitative estimate of drug-likeness (QED) is 0.712. The molecule has 0 saturated carbocycles. The van der Waals surface area contributed by atoms with Gasteiger partial charge in [-0.15, -0.1) is 0 Å². The maximum absolute atomic E-state index is 12.4. The second-order valence-electron chi connectivity index (χ2n) is 6.39. The molecule has 0 atom stereocenters. The Kier molecular flexibility index (Phi) is 5.48. The lowest BCUT2D eigenvalue weighted by molar-refractivity contribution is 0.122. The van der Waals surface area contributed by atoms with Gasteiger partial charge in [0.15, 0.2) is 0 Å². The third kappa shape index (κ3) is 4.29. The summed E-state index contributed by atoms with van der Waals surface area (Å²) < 4.78 is 7.15. The van der Waals surface area contributed by atoms with Crippen molar-refractivity contribution in [2.24, 2.45) is 0 Å². The number of ether oxygens (including phenoxy) is 1. The normalized spacial score (nSPS) is 13.9. The maximum Gasteiger partial charge on any atom is 0.319 e. The van der Waals surface area contributed by atoms with Crippen molar-refractivity contribution in [3.63, 3.8) is 0 Å². The van der Waals surface area contributed by atoms with Crippen molar-refractivity contribution in [2.75, 3.05) is 36.5 Å². The SMILES string of the molecule is O=C(NCc1cccnc1N1CCOCC1)Nc1cccc(-n2cccn2)c1. The highest BCUT2D eigenvalue weighted by Crippen LogP contribution is 2.18. The van der Waals surface area contributed by atoms with Crippen LogP contribution in [0.15, 0.2) is 61.1 Å². The minimum absolute atomic E-state index is 0.269. The summed E-state index contributed by atoms with van der Waals surface area (Å²) in [5, 5.41) is 9.98. The number of pyridine rings is 1. The van der Waals surface area contributed by atoms with Crippen LogP contribution in [0.25, 0.3) is 5.69 Å². The summed E-state index contributed by atoms with van der Waals surface area (Å²) in [6.45, 7) is 3.38. The van der Waals surface area contributed by atoms with Crippen molar-refractivity contribution in [3.05, 3.63) is 66.6 Å². The van der Waals surface area contributed by atoms with Crippen molar-refractivity contribution >= 4 is 17.5 Å². The van der Waals surface area contributed by atoms with E-state index in [1.54, 1.807) is 17.1 Å². The van der Waals surface area contributed by atoms with Crippen LogP contribution in [0, 0.1) is 0 Å². The first-order valence-corrected chi connectivity index (χ1v) is 9.21. The molecule has 8 heteroatoms. The van der Waals surface area contributed by atoms with Crippen LogP contribution in [0.1, 0.15) is 5.56 Å². The van der Waals surface area contributed by atoms with E-state index >= 15 is 0 Å². The van der Waals surface area contributed by atoms with Gasteiger partial charge in [-0.25, -0.2) is 14.5 Å². The Morgan fingerprint density at radius 3 is 2.82 bits per heavy atom. The van der Waals surface area contributed by atoms with Crippen LogP contribution in [-0.2, 0) is 11.3 Å². The number of morpholine rings is 1. The zero-order chi connectivity index (χ0) is 19.2. The Balaban J connectivity index is 1.38. The van der Waals surface area contributed by atoms with Gasteiger partial charge in [0.2, 0.25) is 0 Å². The van der Waals surface area contributed by atoms with E-state index in [2.05, 4.69) is 25.6 Å². The number of anilines is 2. The van der Waals surface area contributed by atoms with Crippen LogP contribution in [0.5, 0.6) is 0 Å². The smallest absolute Gasteiger partial charge is 0.319 e. The Morgan fingerprint density at radius 2 is 2.00 bits per heavy atom. The standard InChI is InChI=1S/C20H22N6O2/c27-20(24-17-5-1-6-18(14-17)26-9-3-8-23-26)22-15-16-4-2-7-21-19(16)25-10-12-28-13-11-25/h1-9,14H,10-13,15H2,(H2,22,24,27). The predicted molar refractivity (Wildman–Crippen MR) is 107 cm³/mol.